The smallest absolute Gasteiger partial charge is 0.435 e. The van der Waals surface area contributed by atoms with Crippen LogP contribution in [0.1, 0.15) is 29.9 Å². The van der Waals surface area contributed by atoms with Crippen molar-refractivity contribution in [3.05, 3.63) is 89.5 Å². The number of hydrazone groups is 1. The topological polar surface area (TPSA) is 114 Å². The summed E-state index contributed by atoms with van der Waals surface area (Å²) in [5.41, 5.74) is 7.58. The zero-order valence-electron chi connectivity index (χ0n) is 21.8. The monoisotopic (exact) mass is 554 g/mol. The number of rotatable bonds is 10. The lowest BCUT2D eigenvalue weighted by atomic mass is 9.92. The molecule has 0 amide bonds. The fourth-order valence-corrected chi connectivity index (χ4v) is 4.38. The molecule has 0 saturated carbocycles. The molecule has 0 atom stereocenters. The van der Waals surface area contributed by atoms with Crippen LogP contribution >= 0.6 is 0 Å². The van der Waals surface area contributed by atoms with E-state index in [1.54, 1.807) is 24.3 Å². The van der Waals surface area contributed by atoms with Gasteiger partial charge in [0.1, 0.15) is 11.5 Å². The molecular weight excluding hydrogens is 525 g/mol. The maximum absolute atomic E-state index is 13.4. The van der Waals surface area contributed by atoms with E-state index in [1.165, 1.54) is 5.01 Å². The molecule has 8 nitrogen and oxygen atoms in total. The van der Waals surface area contributed by atoms with Crippen LogP contribution < -0.4 is 10.5 Å². The highest BCUT2D eigenvalue weighted by Crippen LogP contribution is 2.32. The van der Waals surface area contributed by atoms with Gasteiger partial charge in [0.2, 0.25) is 5.89 Å². The van der Waals surface area contributed by atoms with E-state index >= 15 is 0 Å². The first kappa shape index (κ1) is 28.5. The number of ether oxygens (including phenoxy) is 1. The number of benzene rings is 2. The number of hydrogen-bond donors (Lipinski definition) is 2. The quantitative estimate of drug-likeness (QED) is 0.314. The fourth-order valence-electron chi connectivity index (χ4n) is 4.38. The summed E-state index contributed by atoms with van der Waals surface area (Å²) in [5, 5.41) is 14.4. The number of carboxylic acid groups (broad SMARTS) is 1. The molecule has 0 saturated heterocycles. The summed E-state index contributed by atoms with van der Waals surface area (Å²) in [6, 6.07) is 16.6. The Labute approximate surface area is 229 Å². The summed E-state index contributed by atoms with van der Waals surface area (Å²) in [7, 11) is 0. The minimum absolute atomic E-state index is 0.00442. The van der Waals surface area contributed by atoms with E-state index in [4.69, 9.17) is 14.9 Å². The number of aliphatic carboxylic acids is 1. The fraction of sp³-hybridized carbons (Fsp3) is 0.276. The molecule has 4 rings (SSSR count). The number of halogens is 3. The van der Waals surface area contributed by atoms with Gasteiger partial charge in [-0.1, -0.05) is 35.9 Å². The molecule has 1 aliphatic rings. The van der Waals surface area contributed by atoms with Gasteiger partial charge in [-0.3, -0.25) is 9.80 Å². The van der Waals surface area contributed by atoms with E-state index in [0.29, 0.717) is 53.2 Å². The van der Waals surface area contributed by atoms with Gasteiger partial charge in [-0.15, -0.1) is 0 Å². The van der Waals surface area contributed by atoms with E-state index in [1.807, 2.05) is 37.3 Å². The van der Waals surface area contributed by atoms with Crippen molar-refractivity contribution >= 4 is 17.3 Å². The lowest BCUT2D eigenvalue weighted by Gasteiger charge is -2.29. The Balaban J connectivity index is 1.50. The Hall–Kier alpha value is -4.54. The molecule has 1 aromatic heterocycles. The van der Waals surface area contributed by atoms with Gasteiger partial charge in [-0.2, -0.15) is 18.3 Å². The van der Waals surface area contributed by atoms with Crippen molar-refractivity contribution in [3.8, 4) is 17.2 Å². The van der Waals surface area contributed by atoms with Crippen molar-refractivity contribution in [3.63, 3.8) is 0 Å². The van der Waals surface area contributed by atoms with Gasteiger partial charge in [0, 0.05) is 18.5 Å². The molecular formula is C29H29F3N4O4. The number of nitrogens with two attached hydrogens (primary N) is 1. The standard InChI is InChI=1S/C29H29F3N4O4/c1-19-25(34-28(40-19)20-6-3-2-4-7-20)12-15-39-23-9-5-8-21(16-23)24-18-36(14-11-22(24)17-27(37)38)35-26(10-13-33)29(30,31)32/h2-10,13,16H,11-12,14-15,17-18,33H2,1H3,(H,37,38). The molecule has 11 heteroatoms. The highest BCUT2D eigenvalue weighted by molar-refractivity contribution is 5.99. The average Bonchev–Trinajstić information content (AvgIpc) is 3.29. The molecule has 210 valence electrons. The van der Waals surface area contributed by atoms with E-state index in [-0.39, 0.29) is 25.9 Å². The first-order valence-corrected chi connectivity index (χ1v) is 12.6. The van der Waals surface area contributed by atoms with Gasteiger partial charge in [-0.25, -0.2) is 4.98 Å². The Morgan fingerprint density at radius 1 is 1.20 bits per heavy atom. The predicted octanol–water partition coefficient (Wildman–Crippen LogP) is 5.60. The van der Waals surface area contributed by atoms with Gasteiger partial charge < -0.3 is 20.0 Å². The summed E-state index contributed by atoms with van der Waals surface area (Å²) in [5.74, 6) is 0.752. The number of nitrogens with zero attached hydrogens (tertiary/aromatic N) is 3. The summed E-state index contributed by atoms with van der Waals surface area (Å²) < 4.78 is 51.8. The number of aryl methyl sites for hydroxylation is 1. The van der Waals surface area contributed by atoms with Crippen molar-refractivity contribution in [2.45, 2.75) is 32.4 Å². The lowest BCUT2D eigenvalue weighted by molar-refractivity contribution is -0.136. The predicted molar refractivity (Wildman–Crippen MR) is 144 cm³/mol. The third-order valence-electron chi connectivity index (χ3n) is 6.30. The summed E-state index contributed by atoms with van der Waals surface area (Å²) >= 11 is 0. The molecule has 0 unspecified atom stereocenters. The van der Waals surface area contributed by atoms with Crippen LogP contribution in [0.15, 0.2) is 82.0 Å². The first-order chi connectivity index (χ1) is 19.1. The molecule has 0 spiro atoms. The van der Waals surface area contributed by atoms with Crippen molar-refractivity contribution in [1.82, 2.24) is 9.99 Å². The zero-order valence-corrected chi connectivity index (χ0v) is 21.8. The largest absolute Gasteiger partial charge is 0.493 e. The van der Waals surface area contributed by atoms with Gasteiger partial charge in [-0.05, 0) is 61.0 Å². The van der Waals surface area contributed by atoms with E-state index in [0.717, 1.165) is 17.5 Å². The second-order valence-electron chi connectivity index (χ2n) is 9.15. The highest BCUT2D eigenvalue weighted by Gasteiger charge is 2.35. The molecule has 3 aromatic rings. The normalized spacial score (nSPS) is 14.7. The van der Waals surface area contributed by atoms with Crippen molar-refractivity contribution < 1.29 is 32.2 Å². The Kier molecular flexibility index (Phi) is 8.93. The Bertz CT molecular complexity index is 1430. The molecule has 0 aliphatic carbocycles. The van der Waals surface area contributed by atoms with Crippen LogP contribution in [-0.2, 0) is 11.2 Å². The summed E-state index contributed by atoms with van der Waals surface area (Å²) in [6.07, 6.45) is -2.67. The summed E-state index contributed by atoms with van der Waals surface area (Å²) in [4.78, 5) is 16.1. The third kappa shape index (κ3) is 7.31. The second kappa shape index (κ2) is 12.5. The SMILES string of the molecule is Cc1oc(-c2ccccc2)nc1CCOc1cccc(C2=C(CC(=O)O)CCN(N=C(C=CN)C(F)(F)F)C2)c1. The van der Waals surface area contributed by atoms with Gasteiger partial charge in [0.25, 0.3) is 0 Å². The molecule has 2 heterocycles. The summed E-state index contributed by atoms with van der Waals surface area (Å²) in [6.45, 7) is 2.30. The van der Waals surface area contributed by atoms with E-state index in [9.17, 15) is 23.1 Å². The van der Waals surface area contributed by atoms with Crippen LogP contribution in [0, 0.1) is 6.92 Å². The second-order valence-corrected chi connectivity index (χ2v) is 9.15. The third-order valence-corrected chi connectivity index (χ3v) is 6.30. The lowest BCUT2D eigenvalue weighted by Crippen LogP contribution is -2.32. The maximum Gasteiger partial charge on any atom is 0.435 e. The number of aromatic nitrogens is 1. The number of allylic oxidation sites excluding steroid dienone is 1. The average molecular weight is 555 g/mol. The van der Waals surface area contributed by atoms with Crippen molar-refractivity contribution in [1.29, 1.82) is 0 Å². The molecule has 0 radical (unpaired) electrons. The van der Waals surface area contributed by atoms with Crippen molar-refractivity contribution in [2.24, 2.45) is 10.8 Å². The Morgan fingerprint density at radius 2 is 1.95 bits per heavy atom. The molecule has 1 aliphatic heterocycles. The highest BCUT2D eigenvalue weighted by atomic mass is 19.4. The number of carbonyl (C=O) groups is 1. The zero-order chi connectivity index (χ0) is 28.7. The van der Waals surface area contributed by atoms with E-state index < -0.39 is 17.9 Å². The molecule has 0 fully saturated rings. The number of carboxylic acids is 1. The first-order valence-electron chi connectivity index (χ1n) is 12.6. The Morgan fingerprint density at radius 3 is 2.65 bits per heavy atom. The minimum atomic E-state index is -4.68. The van der Waals surface area contributed by atoms with Gasteiger partial charge in [0.15, 0.2) is 5.71 Å². The number of oxazole rings is 1. The molecule has 40 heavy (non-hydrogen) atoms. The molecule has 3 N–H and O–H groups in total. The van der Waals surface area contributed by atoms with Crippen LogP contribution in [0.25, 0.3) is 17.0 Å². The molecule has 2 aromatic carbocycles. The van der Waals surface area contributed by atoms with Gasteiger partial charge in [0.05, 0.1) is 25.3 Å². The van der Waals surface area contributed by atoms with Crippen LogP contribution in [0.3, 0.4) is 0 Å². The van der Waals surface area contributed by atoms with Gasteiger partial charge >= 0.3 is 12.1 Å². The van der Waals surface area contributed by atoms with Crippen LogP contribution in [0.5, 0.6) is 5.75 Å². The van der Waals surface area contributed by atoms with E-state index in [2.05, 4.69) is 10.1 Å². The maximum atomic E-state index is 13.4. The van der Waals surface area contributed by atoms with Crippen LogP contribution in [0.4, 0.5) is 13.2 Å². The van der Waals surface area contributed by atoms with Crippen LogP contribution in [0.2, 0.25) is 0 Å². The van der Waals surface area contributed by atoms with Crippen molar-refractivity contribution in [2.75, 3.05) is 19.7 Å². The minimum Gasteiger partial charge on any atom is -0.493 e. The number of alkyl halides is 3. The van der Waals surface area contributed by atoms with Crippen LogP contribution in [-0.4, -0.2) is 52.7 Å². The molecule has 0 bridgehead atoms. The number of hydrogen-bond acceptors (Lipinski definition) is 7.